The van der Waals surface area contributed by atoms with Crippen LogP contribution in [0.15, 0.2) is 48.5 Å². The molecule has 0 bridgehead atoms. The third kappa shape index (κ3) is 7.86. The summed E-state index contributed by atoms with van der Waals surface area (Å²) in [5.74, 6) is -0.0831. The van der Waals surface area contributed by atoms with Gasteiger partial charge in [0.05, 0.1) is 0 Å². The lowest BCUT2D eigenvalue weighted by atomic mass is 10.0. The minimum Gasteiger partial charge on any atom is -0.350 e. The van der Waals surface area contributed by atoms with Gasteiger partial charge in [-0.3, -0.25) is 9.59 Å². The normalized spacial score (nSPS) is 12.3. The predicted octanol–water partition coefficient (Wildman–Crippen LogP) is 5.21. The van der Waals surface area contributed by atoms with Crippen LogP contribution in [0.5, 0.6) is 0 Å². The molecule has 0 unspecified atom stereocenters. The molecule has 0 aliphatic carbocycles. The average molecular weight is 423 g/mol. The Hall–Kier alpha value is -2.62. The van der Waals surface area contributed by atoms with E-state index < -0.39 is 6.04 Å². The number of carbonyl (C=O) groups excluding carboxylic acids is 2. The van der Waals surface area contributed by atoms with Crippen LogP contribution in [0.4, 0.5) is 0 Å². The monoisotopic (exact) mass is 422 g/mol. The lowest BCUT2D eigenvalue weighted by Crippen LogP contribution is -2.53. The van der Waals surface area contributed by atoms with Crippen molar-refractivity contribution in [3.63, 3.8) is 0 Å². The van der Waals surface area contributed by atoms with Gasteiger partial charge in [0.15, 0.2) is 0 Å². The molecule has 0 radical (unpaired) electrons. The van der Waals surface area contributed by atoms with Crippen molar-refractivity contribution in [3.8, 4) is 0 Å². The molecule has 2 amide bonds. The lowest BCUT2D eigenvalue weighted by Gasteiger charge is -2.33. The van der Waals surface area contributed by atoms with E-state index in [-0.39, 0.29) is 17.4 Å². The summed E-state index contributed by atoms with van der Waals surface area (Å²) < 4.78 is 0. The van der Waals surface area contributed by atoms with Crippen LogP contribution < -0.4 is 5.32 Å². The van der Waals surface area contributed by atoms with E-state index in [0.29, 0.717) is 25.8 Å². The van der Waals surface area contributed by atoms with Gasteiger partial charge in [0.25, 0.3) is 0 Å². The molecule has 0 heterocycles. The highest BCUT2D eigenvalue weighted by Gasteiger charge is 2.30. The van der Waals surface area contributed by atoms with E-state index in [1.165, 1.54) is 5.56 Å². The molecular formula is C27H38N2O2. The van der Waals surface area contributed by atoms with Gasteiger partial charge in [0, 0.05) is 18.5 Å². The molecule has 4 heteroatoms. The van der Waals surface area contributed by atoms with Crippen molar-refractivity contribution in [3.05, 3.63) is 70.8 Å². The summed E-state index contributed by atoms with van der Waals surface area (Å²) in [5.41, 5.74) is 4.29. The molecule has 0 aliphatic rings. The number of hydrogen-bond donors (Lipinski definition) is 1. The fourth-order valence-electron chi connectivity index (χ4n) is 3.72. The van der Waals surface area contributed by atoms with Gasteiger partial charge in [-0.15, -0.1) is 0 Å². The van der Waals surface area contributed by atoms with Gasteiger partial charge < -0.3 is 10.2 Å². The zero-order chi connectivity index (χ0) is 23.0. The molecule has 0 aromatic heterocycles. The van der Waals surface area contributed by atoms with E-state index >= 15 is 0 Å². The van der Waals surface area contributed by atoms with Gasteiger partial charge in [0.1, 0.15) is 6.04 Å². The van der Waals surface area contributed by atoms with Crippen LogP contribution in [-0.4, -0.2) is 28.3 Å². The summed E-state index contributed by atoms with van der Waals surface area (Å²) in [6.07, 6.45) is 2.64. The SMILES string of the molecule is CCc1ccc(CCC(=O)N(Cc2cccc(C)c2)[C@H](CC)C(=O)NC(C)(C)C)cc1. The van der Waals surface area contributed by atoms with Gasteiger partial charge in [-0.25, -0.2) is 0 Å². The molecular weight excluding hydrogens is 384 g/mol. The summed E-state index contributed by atoms with van der Waals surface area (Å²) in [6, 6.07) is 16.1. The van der Waals surface area contributed by atoms with Crippen molar-refractivity contribution in [2.24, 2.45) is 0 Å². The zero-order valence-electron chi connectivity index (χ0n) is 20.0. The maximum Gasteiger partial charge on any atom is 0.243 e. The van der Waals surface area contributed by atoms with Gasteiger partial charge in [-0.05, 0) is 63.6 Å². The van der Waals surface area contributed by atoms with E-state index in [0.717, 1.165) is 23.1 Å². The largest absolute Gasteiger partial charge is 0.350 e. The highest BCUT2D eigenvalue weighted by molar-refractivity contribution is 5.88. The van der Waals surface area contributed by atoms with E-state index in [4.69, 9.17) is 0 Å². The smallest absolute Gasteiger partial charge is 0.243 e. The summed E-state index contributed by atoms with van der Waals surface area (Å²) in [6.45, 7) is 12.5. The first-order valence-corrected chi connectivity index (χ1v) is 11.4. The Morgan fingerprint density at radius 2 is 1.61 bits per heavy atom. The summed E-state index contributed by atoms with van der Waals surface area (Å²) in [5, 5.41) is 3.06. The fraction of sp³-hybridized carbons (Fsp3) is 0.481. The summed E-state index contributed by atoms with van der Waals surface area (Å²) >= 11 is 0. The number of nitrogens with one attached hydrogen (secondary N) is 1. The van der Waals surface area contributed by atoms with Crippen molar-refractivity contribution in [2.45, 2.75) is 85.4 Å². The number of amides is 2. The number of hydrogen-bond acceptors (Lipinski definition) is 2. The van der Waals surface area contributed by atoms with Crippen molar-refractivity contribution in [1.29, 1.82) is 0 Å². The Morgan fingerprint density at radius 3 is 2.16 bits per heavy atom. The molecule has 2 rings (SSSR count). The van der Waals surface area contributed by atoms with Crippen molar-refractivity contribution in [2.75, 3.05) is 0 Å². The van der Waals surface area contributed by atoms with Gasteiger partial charge >= 0.3 is 0 Å². The highest BCUT2D eigenvalue weighted by Crippen LogP contribution is 2.17. The number of rotatable bonds is 9. The fourth-order valence-corrected chi connectivity index (χ4v) is 3.72. The van der Waals surface area contributed by atoms with Crippen molar-refractivity contribution < 1.29 is 9.59 Å². The van der Waals surface area contributed by atoms with Gasteiger partial charge in [0.2, 0.25) is 11.8 Å². The lowest BCUT2D eigenvalue weighted by molar-refractivity contribution is -0.142. The highest BCUT2D eigenvalue weighted by atomic mass is 16.2. The molecule has 4 nitrogen and oxygen atoms in total. The van der Waals surface area contributed by atoms with E-state index in [1.54, 1.807) is 4.90 Å². The Labute approximate surface area is 188 Å². The summed E-state index contributed by atoms with van der Waals surface area (Å²) in [4.78, 5) is 28.1. The molecule has 0 spiro atoms. The second kappa shape index (κ2) is 11.1. The maximum absolute atomic E-state index is 13.3. The quantitative estimate of drug-likeness (QED) is 0.603. The van der Waals surface area contributed by atoms with Crippen LogP contribution >= 0.6 is 0 Å². The van der Waals surface area contributed by atoms with Gasteiger partial charge in [-0.1, -0.05) is 67.9 Å². The zero-order valence-corrected chi connectivity index (χ0v) is 20.0. The minimum absolute atomic E-state index is 0.0111. The van der Waals surface area contributed by atoms with Crippen molar-refractivity contribution >= 4 is 11.8 Å². The van der Waals surface area contributed by atoms with Crippen molar-refractivity contribution in [1.82, 2.24) is 10.2 Å². The van der Waals surface area contributed by atoms with Crippen LogP contribution in [0.1, 0.15) is 69.7 Å². The van der Waals surface area contributed by atoms with Crippen LogP contribution in [0.2, 0.25) is 0 Å². The molecule has 2 aromatic carbocycles. The Morgan fingerprint density at radius 1 is 0.968 bits per heavy atom. The number of nitrogens with zero attached hydrogens (tertiary/aromatic N) is 1. The van der Waals surface area contributed by atoms with Crippen LogP contribution in [-0.2, 0) is 29.0 Å². The van der Waals surface area contributed by atoms with E-state index in [2.05, 4.69) is 42.6 Å². The number of carbonyl (C=O) groups is 2. The number of benzene rings is 2. The molecule has 0 saturated heterocycles. The second-order valence-electron chi connectivity index (χ2n) is 9.34. The predicted molar refractivity (Wildman–Crippen MR) is 128 cm³/mol. The van der Waals surface area contributed by atoms with E-state index in [9.17, 15) is 9.59 Å². The Bertz CT molecular complexity index is 866. The molecule has 31 heavy (non-hydrogen) atoms. The van der Waals surface area contributed by atoms with E-state index in [1.807, 2.05) is 52.8 Å². The Kier molecular flexibility index (Phi) is 8.85. The molecule has 0 fully saturated rings. The first kappa shape index (κ1) is 24.6. The first-order valence-electron chi connectivity index (χ1n) is 11.4. The second-order valence-corrected chi connectivity index (χ2v) is 9.34. The molecule has 0 saturated carbocycles. The van der Waals surface area contributed by atoms with Crippen LogP contribution in [0.25, 0.3) is 0 Å². The molecule has 1 N–H and O–H groups in total. The maximum atomic E-state index is 13.3. The van der Waals surface area contributed by atoms with Gasteiger partial charge in [-0.2, -0.15) is 0 Å². The summed E-state index contributed by atoms with van der Waals surface area (Å²) in [7, 11) is 0. The first-order chi connectivity index (χ1) is 14.6. The number of aryl methyl sites for hydroxylation is 3. The molecule has 168 valence electrons. The topological polar surface area (TPSA) is 49.4 Å². The standard InChI is InChI=1S/C27H38N2O2/c1-7-21-12-14-22(15-13-21)16-17-25(30)29(19-23-11-9-10-20(3)18-23)24(8-2)26(31)28-27(4,5)6/h9-15,18,24H,7-8,16-17,19H2,1-6H3,(H,28,31)/t24-/m1/s1. The van der Waals surface area contributed by atoms with Crippen LogP contribution in [0, 0.1) is 6.92 Å². The molecule has 1 atom stereocenters. The molecule has 2 aromatic rings. The molecule has 0 aliphatic heterocycles. The average Bonchev–Trinajstić information content (AvgIpc) is 2.71. The third-order valence-corrected chi connectivity index (χ3v) is 5.38. The Balaban J connectivity index is 2.21. The van der Waals surface area contributed by atoms with Crippen LogP contribution in [0.3, 0.4) is 0 Å². The third-order valence-electron chi connectivity index (χ3n) is 5.38. The minimum atomic E-state index is -0.491.